The fraction of sp³-hybridized carbons (Fsp3) is 0.0500. The van der Waals surface area contributed by atoms with Crippen molar-refractivity contribution in [3.8, 4) is 11.4 Å². The van der Waals surface area contributed by atoms with Crippen LogP contribution >= 0.6 is 0 Å². The third-order valence-corrected chi connectivity index (χ3v) is 4.72. The van der Waals surface area contributed by atoms with Crippen molar-refractivity contribution in [2.45, 2.75) is 6.92 Å². The van der Waals surface area contributed by atoms with Gasteiger partial charge in [-0.2, -0.15) is 5.10 Å². The summed E-state index contributed by atoms with van der Waals surface area (Å²) in [5.41, 5.74) is 11.2. The Balaban J connectivity index is 1.70. The zero-order chi connectivity index (χ0) is 18.5. The molecule has 2 aromatic carbocycles. The van der Waals surface area contributed by atoms with Gasteiger partial charge in [0.15, 0.2) is 12.1 Å². The quantitative estimate of drug-likeness (QED) is 0.484. The zero-order valence-corrected chi connectivity index (χ0v) is 14.5. The summed E-state index contributed by atoms with van der Waals surface area (Å²) in [4.78, 5) is 19.2. The van der Waals surface area contributed by atoms with E-state index in [9.17, 15) is 4.79 Å². The second kappa shape index (κ2) is 5.57. The molecule has 7 nitrogen and oxygen atoms in total. The Hall–Kier alpha value is -3.87. The number of imidazole rings is 1. The Bertz CT molecular complexity index is 1320. The number of hydrogen-bond donors (Lipinski definition) is 2. The fourth-order valence-electron chi connectivity index (χ4n) is 3.52. The molecule has 0 aliphatic rings. The van der Waals surface area contributed by atoms with Crippen molar-refractivity contribution < 1.29 is 4.79 Å². The highest BCUT2D eigenvalue weighted by atomic mass is 16.1. The van der Waals surface area contributed by atoms with Crippen LogP contribution in [0.2, 0.25) is 0 Å². The van der Waals surface area contributed by atoms with E-state index in [1.807, 2.05) is 60.0 Å². The molecule has 0 radical (unpaired) electrons. The highest BCUT2D eigenvalue weighted by molar-refractivity contribution is 5.91. The molecule has 0 saturated heterocycles. The van der Waals surface area contributed by atoms with E-state index in [1.54, 1.807) is 10.9 Å². The van der Waals surface area contributed by atoms with Gasteiger partial charge in [-0.15, -0.1) is 0 Å². The number of aldehydes is 1. The molecule has 0 aliphatic carbocycles. The first-order valence-electron chi connectivity index (χ1n) is 8.52. The number of fused-ring (bicyclic) bond motifs is 2. The van der Waals surface area contributed by atoms with Gasteiger partial charge in [-0.25, -0.2) is 9.67 Å². The van der Waals surface area contributed by atoms with Gasteiger partial charge in [-0.1, -0.05) is 18.2 Å². The first-order valence-corrected chi connectivity index (χ1v) is 8.52. The molecular weight excluding hydrogens is 340 g/mol. The monoisotopic (exact) mass is 356 g/mol. The first kappa shape index (κ1) is 15.4. The summed E-state index contributed by atoms with van der Waals surface area (Å²) in [5, 5.41) is 5.43. The number of nitrogens with zero attached hydrogens (tertiary/aromatic N) is 4. The molecule has 0 spiro atoms. The summed E-state index contributed by atoms with van der Waals surface area (Å²) >= 11 is 0. The molecule has 5 aromatic rings. The topological polar surface area (TPSA) is 94.5 Å². The molecule has 0 fully saturated rings. The highest BCUT2D eigenvalue weighted by Gasteiger charge is 2.17. The van der Waals surface area contributed by atoms with E-state index in [4.69, 9.17) is 5.73 Å². The number of para-hydroxylation sites is 1. The van der Waals surface area contributed by atoms with Crippen LogP contribution in [0.4, 0.5) is 5.82 Å². The van der Waals surface area contributed by atoms with Gasteiger partial charge in [0, 0.05) is 5.39 Å². The van der Waals surface area contributed by atoms with Gasteiger partial charge in [0.1, 0.15) is 11.5 Å². The van der Waals surface area contributed by atoms with Crippen molar-refractivity contribution in [1.29, 1.82) is 0 Å². The minimum absolute atomic E-state index is 0.454. The Labute approximate surface area is 154 Å². The van der Waals surface area contributed by atoms with E-state index in [1.165, 1.54) is 0 Å². The van der Waals surface area contributed by atoms with Gasteiger partial charge < -0.3 is 15.3 Å². The SMILES string of the molecule is Cc1nc2ccc(-n3ncc(-n4c(C=O)cc5ccccc54)c3N)cc2[nH]1. The van der Waals surface area contributed by atoms with Crippen LogP contribution in [0.15, 0.2) is 54.7 Å². The third-order valence-electron chi connectivity index (χ3n) is 4.72. The van der Waals surface area contributed by atoms with Crippen molar-refractivity contribution >= 4 is 34.0 Å². The smallest absolute Gasteiger partial charge is 0.166 e. The fourth-order valence-corrected chi connectivity index (χ4v) is 3.52. The third kappa shape index (κ3) is 2.25. The molecule has 0 unspecified atom stereocenters. The molecule has 3 aromatic heterocycles. The van der Waals surface area contributed by atoms with Crippen LogP contribution < -0.4 is 5.73 Å². The van der Waals surface area contributed by atoms with Crippen molar-refractivity contribution in [2.75, 3.05) is 5.73 Å². The van der Waals surface area contributed by atoms with Gasteiger partial charge in [-0.3, -0.25) is 4.79 Å². The Kier molecular flexibility index (Phi) is 3.17. The van der Waals surface area contributed by atoms with Crippen molar-refractivity contribution in [3.05, 3.63) is 66.2 Å². The molecule has 3 heterocycles. The van der Waals surface area contributed by atoms with E-state index in [0.717, 1.165) is 39.7 Å². The molecule has 3 N–H and O–H groups in total. The molecule has 27 heavy (non-hydrogen) atoms. The van der Waals surface area contributed by atoms with Crippen molar-refractivity contribution in [3.63, 3.8) is 0 Å². The summed E-state index contributed by atoms with van der Waals surface area (Å²) in [6.45, 7) is 1.91. The lowest BCUT2D eigenvalue weighted by atomic mass is 10.2. The van der Waals surface area contributed by atoms with Gasteiger partial charge in [0.25, 0.3) is 0 Å². The summed E-state index contributed by atoms with van der Waals surface area (Å²) in [6.07, 6.45) is 2.51. The number of carbonyl (C=O) groups is 1. The zero-order valence-electron chi connectivity index (χ0n) is 14.5. The van der Waals surface area contributed by atoms with Crippen LogP contribution in [0.25, 0.3) is 33.3 Å². The number of nitrogens with two attached hydrogens (primary N) is 1. The van der Waals surface area contributed by atoms with Crippen LogP contribution in [0, 0.1) is 6.92 Å². The molecule has 5 rings (SSSR count). The van der Waals surface area contributed by atoms with E-state index in [2.05, 4.69) is 15.1 Å². The summed E-state index contributed by atoms with van der Waals surface area (Å²) in [5.74, 6) is 1.31. The minimum Gasteiger partial charge on any atom is -0.382 e. The summed E-state index contributed by atoms with van der Waals surface area (Å²) in [7, 11) is 0. The van der Waals surface area contributed by atoms with Crippen LogP contribution in [-0.4, -0.2) is 30.6 Å². The average Bonchev–Trinajstić information content (AvgIpc) is 3.34. The summed E-state index contributed by atoms with van der Waals surface area (Å²) < 4.78 is 3.49. The number of carbonyl (C=O) groups excluding carboxylic acids is 1. The standard InChI is InChI=1S/C20H16N6O/c1-12-23-16-7-6-14(9-17(16)24-12)26-20(21)19(10-22-26)25-15(11-27)8-13-4-2-3-5-18(13)25/h2-11H,21H2,1H3,(H,23,24). The number of nitrogen functional groups attached to an aromatic ring is 1. The van der Waals surface area contributed by atoms with Crippen LogP contribution in [0.3, 0.4) is 0 Å². The first-order chi connectivity index (χ1) is 13.2. The molecule has 0 saturated carbocycles. The maximum absolute atomic E-state index is 11.6. The maximum atomic E-state index is 11.6. The molecule has 0 atom stereocenters. The lowest BCUT2D eigenvalue weighted by Crippen LogP contribution is -2.05. The van der Waals surface area contributed by atoms with Gasteiger partial charge in [0.05, 0.1) is 34.1 Å². The number of anilines is 1. The molecule has 7 heteroatoms. The molecular formula is C20H16N6O. The number of aromatic amines is 1. The van der Waals surface area contributed by atoms with Crippen molar-refractivity contribution in [2.24, 2.45) is 0 Å². The maximum Gasteiger partial charge on any atom is 0.166 e. The lowest BCUT2D eigenvalue weighted by molar-refractivity contribution is 0.111. The Morgan fingerprint density at radius 3 is 2.85 bits per heavy atom. The molecule has 0 aliphatic heterocycles. The highest BCUT2D eigenvalue weighted by Crippen LogP contribution is 2.28. The second-order valence-electron chi connectivity index (χ2n) is 6.43. The van der Waals surface area contributed by atoms with E-state index in [0.29, 0.717) is 17.2 Å². The molecule has 132 valence electrons. The molecule has 0 bridgehead atoms. The number of rotatable bonds is 3. The Morgan fingerprint density at radius 1 is 1.15 bits per heavy atom. The number of hydrogen-bond acceptors (Lipinski definition) is 4. The Morgan fingerprint density at radius 2 is 2.00 bits per heavy atom. The van der Waals surface area contributed by atoms with Crippen molar-refractivity contribution in [1.82, 2.24) is 24.3 Å². The molecule has 0 amide bonds. The van der Waals surface area contributed by atoms with Gasteiger partial charge in [0.2, 0.25) is 0 Å². The number of nitrogens with one attached hydrogen (secondary N) is 1. The number of aryl methyl sites for hydroxylation is 1. The van der Waals surface area contributed by atoms with E-state index in [-0.39, 0.29) is 0 Å². The summed E-state index contributed by atoms with van der Waals surface area (Å²) in [6, 6.07) is 15.4. The van der Waals surface area contributed by atoms with Gasteiger partial charge in [-0.05, 0) is 37.3 Å². The van der Waals surface area contributed by atoms with Crippen LogP contribution in [-0.2, 0) is 0 Å². The van der Waals surface area contributed by atoms with Gasteiger partial charge >= 0.3 is 0 Å². The van der Waals surface area contributed by atoms with E-state index < -0.39 is 0 Å². The van der Waals surface area contributed by atoms with E-state index >= 15 is 0 Å². The lowest BCUT2D eigenvalue weighted by Gasteiger charge is -2.08. The number of benzene rings is 2. The van der Waals surface area contributed by atoms with Crippen LogP contribution in [0.5, 0.6) is 0 Å². The number of H-pyrrole nitrogens is 1. The average molecular weight is 356 g/mol. The predicted octanol–water partition coefficient (Wildman–Crippen LogP) is 3.40. The minimum atomic E-state index is 0.454. The second-order valence-corrected chi connectivity index (χ2v) is 6.43. The largest absolute Gasteiger partial charge is 0.382 e. The normalized spacial score (nSPS) is 11.4. The van der Waals surface area contributed by atoms with Crippen LogP contribution in [0.1, 0.15) is 16.3 Å². The number of aromatic nitrogens is 5. The predicted molar refractivity (Wildman–Crippen MR) is 105 cm³/mol.